The van der Waals surface area contributed by atoms with E-state index in [-0.39, 0.29) is 11.7 Å². The molecule has 0 radical (unpaired) electrons. The van der Waals surface area contributed by atoms with E-state index in [1.165, 1.54) is 0 Å². The highest BCUT2D eigenvalue weighted by molar-refractivity contribution is 6.48. The SMILES string of the molecule is CC1(C)[C@]2(C(=O)N3CCN(c4cccc(Cl)c4)CC3)CC[C@@]1(C)C(=O)C2=O. The van der Waals surface area contributed by atoms with Gasteiger partial charge < -0.3 is 9.80 Å². The molecule has 1 amide bonds. The van der Waals surface area contributed by atoms with E-state index in [2.05, 4.69) is 4.90 Å². The lowest BCUT2D eigenvalue weighted by Crippen LogP contribution is -2.57. The standard InChI is InChI=1S/C21H25ClN2O3/c1-19(2)20(3)7-8-21(19,17(26)16(20)25)18(27)24-11-9-23(10-12-24)15-6-4-5-14(22)13-15/h4-6,13H,7-12H2,1-3H3/t20-,21+/m0/s1. The summed E-state index contributed by atoms with van der Waals surface area (Å²) in [7, 11) is 0. The van der Waals surface area contributed by atoms with Gasteiger partial charge in [0.15, 0.2) is 0 Å². The van der Waals surface area contributed by atoms with E-state index < -0.39 is 22.0 Å². The number of fused-ring (bicyclic) bond motifs is 2. The minimum atomic E-state index is -1.18. The zero-order valence-electron chi connectivity index (χ0n) is 16.0. The summed E-state index contributed by atoms with van der Waals surface area (Å²) in [6, 6.07) is 7.68. The van der Waals surface area contributed by atoms with Crippen molar-refractivity contribution in [3.05, 3.63) is 29.3 Å². The molecule has 1 heterocycles. The van der Waals surface area contributed by atoms with Crippen molar-refractivity contribution in [3.8, 4) is 0 Å². The topological polar surface area (TPSA) is 57.7 Å². The molecule has 2 atom stereocenters. The second kappa shape index (κ2) is 5.81. The summed E-state index contributed by atoms with van der Waals surface area (Å²) in [5, 5.41) is 0.687. The van der Waals surface area contributed by atoms with Gasteiger partial charge in [0.2, 0.25) is 17.5 Å². The first kappa shape index (κ1) is 18.5. The molecular formula is C21H25ClN2O3. The largest absolute Gasteiger partial charge is 0.368 e. The molecule has 3 fully saturated rings. The molecule has 1 saturated heterocycles. The summed E-state index contributed by atoms with van der Waals surface area (Å²) >= 11 is 6.08. The van der Waals surface area contributed by atoms with Crippen LogP contribution in [0.5, 0.6) is 0 Å². The first-order valence-electron chi connectivity index (χ1n) is 9.54. The Kier molecular flexibility index (Phi) is 3.97. The molecule has 0 N–H and O–H groups in total. The maximum Gasteiger partial charge on any atom is 0.237 e. The fourth-order valence-electron chi connectivity index (χ4n) is 5.35. The van der Waals surface area contributed by atoms with Crippen LogP contribution in [0.3, 0.4) is 0 Å². The van der Waals surface area contributed by atoms with Gasteiger partial charge >= 0.3 is 0 Å². The van der Waals surface area contributed by atoms with Gasteiger partial charge in [0, 0.05) is 42.3 Å². The number of ketones is 2. The minimum absolute atomic E-state index is 0.155. The molecule has 0 aromatic heterocycles. The number of carbonyl (C=O) groups excluding carboxylic acids is 3. The molecule has 1 aromatic rings. The van der Waals surface area contributed by atoms with Gasteiger partial charge in [-0.25, -0.2) is 0 Å². The molecule has 0 unspecified atom stereocenters. The van der Waals surface area contributed by atoms with Crippen molar-refractivity contribution in [1.82, 2.24) is 4.90 Å². The van der Waals surface area contributed by atoms with Gasteiger partial charge in [-0.2, -0.15) is 0 Å². The quantitative estimate of drug-likeness (QED) is 0.577. The third-order valence-electron chi connectivity index (χ3n) is 7.65. The van der Waals surface area contributed by atoms with E-state index in [9.17, 15) is 14.4 Å². The predicted molar refractivity (Wildman–Crippen MR) is 104 cm³/mol. The molecule has 5 nitrogen and oxygen atoms in total. The second-order valence-electron chi connectivity index (χ2n) is 8.78. The van der Waals surface area contributed by atoms with E-state index in [0.29, 0.717) is 44.0 Å². The van der Waals surface area contributed by atoms with Crippen LogP contribution in [0.25, 0.3) is 0 Å². The Morgan fingerprint density at radius 1 is 1.00 bits per heavy atom. The number of rotatable bonds is 2. The molecule has 3 aliphatic rings. The van der Waals surface area contributed by atoms with Crippen LogP contribution in [0.1, 0.15) is 33.6 Å². The predicted octanol–water partition coefficient (Wildman–Crippen LogP) is 2.95. The molecule has 0 spiro atoms. The van der Waals surface area contributed by atoms with E-state index in [0.717, 1.165) is 5.69 Å². The third-order valence-corrected chi connectivity index (χ3v) is 7.88. The van der Waals surface area contributed by atoms with Crippen LogP contribution in [0.2, 0.25) is 5.02 Å². The number of Topliss-reactive ketones (excluding diaryl/α,β-unsaturated/α-hetero) is 2. The number of hydrogen-bond acceptors (Lipinski definition) is 4. The molecular weight excluding hydrogens is 364 g/mol. The van der Waals surface area contributed by atoms with Gasteiger partial charge in [0.1, 0.15) is 5.41 Å². The van der Waals surface area contributed by atoms with Crippen molar-refractivity contribution in [2.75, 3.05) is 31.1 Å². The summed E-state index contributed by atoms with van der Waals surface area (Å²) in [4.78, 5) is 43.0. The van der Waals surface area contributed by atoms with E-state index in [1.807, 2.05) is 45.0 Å². The maximum atomic E-state index is 13.5. The van der Waals surface area contributed by atoms with E-state index in [1.54, 1.807) is 4.90 Å². The summed E-state index contributed by atoms with van der Waals surface area (Å²) in [6.07, 6.45) is 1.09. The second-order valence-corrected chi connectivity index (χ2v) is 9.22. The Morgan fingerprint density at radius 2 is 1.67 bits per heavy atom. The van der Waals surface area contributed by atoms with Crippen LogP contribution in [-0.2, 0) is 14.4 Å². The Labute approximate surface area is 164 Å². The fraction of sp³-hybridized carbons (Fsp3) is 0.571. The van der Waals surface area contributed by atoms with Crippen molar-refractivity contribution in [2.45, 2.75) is 33.6 Å². The van der Waals surface area contributed by atoms with Gasteiger partial charge in [0.05, 0.1) is 0 Å². The first-order valence-corrected chi connectivity index (χ1v) is 9.92. The number of nitrogens with zero attached hydrogens (tertiary/aromatic N) is 2. The molecule has 2 bridgehead atoms. The van der Waals surface area contributed by atoms with E-state index >= 15 is 0 Å². The number of piperazine rings is 1. The molecule has 2 saturated carbocycles. The summed E-state index contributed by atoms with van der Waals surface area (Å²) in [5.41, 5.74) is -1.51. The maximum absolute atomic E-state index is 13.5. The van der Waals surface area contributed by atoms with Crippen LogP contribution in [-0.4, -0.2) is 48.6 Å². The third kappa shape index (κ3) is 2.21. The average Bonchev–Trinajstić information content (AvgIpc) is 2.93. The Balaban J connectivity index is 1.55. The number of amides is 1. The molecule has 27 heavy (non-hydrogen) atoms. The van der Waals surface area contributed by atoms with Crippen LogP contribution in [0.4, 0.5) is 5.69 Å². The normalized spacial score (nSPS) is 32.3. The van der Waals surface area contributed by atoms with E-state index in [4.69, 9.17) is 11.6 Å². The molecule has 6 heteroatoms. The van der Waals surface area contributed by atoms with Crippen molar-refractivity contribution in [2.24, 2.45) is 16.2 Å². The number of benzene rings is 1. The molecule has 1 aromatic carbocycles. The Morgan fingerprint density at radius 3 is 2.22 bits per heavy atom. The molecule has 2 aliphatic carbocycles. The lowest BCUT2D eigenvalue weighted by atomic mass is 9.64. The smallest absolute Gasteiger partial charge is 0.237 e. The van der Waals surface area contributed by atoms with Crippen molar-refractivity contribution >= 4 is 34.8 Å². The number of anilines is 1. The lowest BCUT2D eigenvalue weighted by molar-refractivity contribution is -0.155. The Bertz CT molecular complexity index is 844. The van der Waals surface area contributed by atoms with Gasteiger partial charge in [-0.15, -0.1) is 0 Å². The fourth-order valence-corrected chi connectivity index (χ4v) is 5.54. The van der Waals surface area contributed by atoms with Gasteiger partial charge in [0.25, 0.3) is 0 Å². The minimum Gasteiger partial charge on any atom is -0.368 e. The summed E-state index contributed by atoms with van der Waals surface area (Å²) in [6.45, 7) is 8.14. The van der Waals surface area contributed by atoms with Gasteiger partial charge in [-0.1, -0.05) is 38.4 Å². The average molecular weight is 389 g/mol. The highest BCUT2D eigenvalue weighted by atomic mass is 35.5. The van der Waals surface area contributed by atoms with Gasteiger partial charge in [-0.3, -0.25) is 14.4 Å². The van der Waals surface area contributed by atoms with Crippen molar-refractivity contribution < 1.29 is 14.4 Å². The lowest BCUT2D eigenvalue weighted by Gasteiger charge is -2.43. The number of halogens is 1. The summed E-state index contributed by atoms with van der Waals surface area (Å²) in [5.74, 6) is -0.981. The van der Waals surface area contributed by atoms with Crippen LogP contribution >= 0.6 is 11.6 Å². The van der Waals surface area contributed by atoms with Crippen LogP contribution in [0, 0.1) is 16.2 Å². The Hall–Kier alpha value is -1.88. The van der Waals surface area contributed by atoms with Gasteiger partial charge in [-0.05, 0) is 36.5 Å². The van der Waals surface area contributed by atoms with Crippen LogP contribution in [0.15, 0.2) is 24.3 Å². The highest BCUT2D eigenvalue weighted by Gasteiger charge is 2.78. The molecule has 144 valence electrons. The number of hydrogen-bond donors (Lipinski definition) is 0. The van der Waals surface area contributed by atoms with Crippen LogP contribution < -0.4 is 4.90 Å². The van der Waals surface area contributed by atoms with Crippen molar-refractivity contribution in [1.29, 1.82) is 0 Å². The molecule has 1 aliphatic heterocycles. The monoisotopic (exact) mass is 388 g/mol. The molecule has 4 rings (SSSR count). The zero-order chi connectivity index (χ0) is 19.6. The number of carbonyl (C=O) groups is 3. The first-order chi connectivity index (χ1) is 12.6. The summed E-state index contributed by atoms with van der Waals surface area (Å²) < 4.78 is 0. The zero-order valence-corrected chi connectivity index (χ0v) is 16.8. The van der Waals surface area contributed by atoms with Crippen molar-refractivity contribution in [3.63, 3.8) is 0 Å². The highest BCUT2D eigenvalue weighted by Crippen LogP contribution is 2.69.